The third kappa shape index (κ3) is 3.28. The summed E-state index contributed by atoms with van der Waals surface area (Å²) in [6.07, 6.45) is -0.0265. The van der Waals surface area contributed by atoms with Gasteiger partial charge in [0.25, 0.3) is 0 Å². The smallest absolute Gasteiger partial charge is 0.172 e. The maximum atomic E-state index is 13.0. The largest absolute Gasteiger partial charge is 0.358 e. The molecule has 0 amide bonds. The van der Waals surface area contributed by atoms with E-state index in [1.807, 2.05) is 24.3 Å². The van der Waals surface area contributed by atoms with Gasteiger partial charge in [-0.05, 0) is 32.4 Å². The molecular formula is C20H25NO4. The van der Waals surface area contributed by atoms with Gasteiger partial charge < -0.3 is 4.90 Å². The van der Waals surface area contributed by atoms with Crippen LogP contribution in [0.25, 0.3) is 0 Å². The molecule has 0 saturated carbocycles. The van der Waals surface area contributed by atoms with Crippen molar-refractivity contribution >= 4 is 28.8 Å². The van der Waals surface area contributed by atoms with Gasteiger partial charge in [-0.2, -0.15) is 0 Å². The number of ketones is 4. The van der Waals surface area contributed by atoms with E-state index >= 15 is 0 Å². The zero-order chi connectivity index (χ0) is 18.9. The minimum Gasteiger partial charge on any atom is -0.358 e. The first-order valence-electron chi connectivity index (χ1n) is 8.55. The van der Waals surface area contributed by atoms with E-state index in [9.17, 15) is 19.2 Å². The lowest BCUT2D eigenvalue weighted by Crippen LogP contribution is -2.56. The van der Waals surface area contributed by atoms with Crippen LogP contribution >= 0.6 is 0 Å². The Hall–Kier alpha value is -2.30. The van der Waals surface area contributed by atoms with Crippen LogP contribution in [-0.4, -0.2) is 36.2 Å². The Kier molecular flexibility index (Phi) is 5.26. The molecule has 2 atom stereocenters. The molecule has 2 unspecified atom stereocenters. The highest BCUT2D eigenvalue weighted by atomic mass is 16.2. The Labute approximate surface area is 148 Å². The molecule has 1 aliphatic rings. The summed E-state index contributed by atoms with van der Waals surface area (Å²) in [5.74, 6) is -2.13. The lowest BCUT2D eigenvalue weighted by atomic mass is 9.72. The molecule has 0 saturated heterocycles. The molecule has 0 spiro atoms. The first-order valence-corrected chi connectivity index (χ1v) is 8.55. The highest BCUT2D eigenvalue weighted by Gasteiger charge is 2.47. The molecule has 2 rings (SSSR count). The van der Waals surface area contributed by atoms with Gasteiger partial charge in [0, 0.05) is 25.6 Å². The van der Waals surface area contributed by atoms with Crippen LogP contribution in [0.3, 0.4) is 0 Å². The van der Waals surface area contributed by atoms with E-state index in [1.165, 1.54) is 6.92 Å². The molecule has 1 heterocycles. The Morgan fingerprint density at radius 2 is 1.80 bits per heavy atom. The van der Waals surface area contributed by atoms with Crippen LogP contribution in [0, 0.1) is 5.92 Å². The second kappa shape index (κ2) is 6.90. The minimum atomic E-state index is -0.976. The van der Waals surface area contributed by atoms with Gasteiger partial charge in [-0.15, -0.1) is 0 Å². The molecule has 134 valence electrons. The van der Waals surface area contributed by atoms with Crippen molar-refractivity contribution < 1.29 is 19.2 Å². The van der Waals surface area contributed by atoms with E-state index in [2.05, 4.69) is 0 Å². The molecule has 0 aromatic heterocycles. The third-order valence-electron chi connectivity index (χ3n) is 5.15. The minimum absolute atomic E-state index is 0.195. The predicted molar refractivity (Wildman–Crippen MR) is 95.8 cm³/mol. The van der Waals surface area contributed by atoms with Crippen LogP contribution in [0.5, 0.6) is 0 Å². The molecule has 0 fully saturated rings. The number of anilines is 1. The highest BCUT2D eigenvalue weighted by Crippen LogP contribution is 2.40. The second-order valence-electron chi connectivity index (χ2n) is 7.17. The van der Waals surface area contributed by atoms with Crippen LogP contribution in [0.4, 0.5) is 5.69 Å². The zero-order valence-electron chi connectivity index (χ0n) is 15.5. The maximum Gasteiger partial charge on any atom is 0.172 e. The van der Waals surface area contributed by atoms with Crippen molar-refractivity contribution in [2.24, 2.45) is 5.92 Å². The summed E-state index contributed by atoms with van der Waals surface area (Å²) in [6.45, 7) is 6.60. The van der Waals surface area contributed by atoms with Gasteiger partial charge in [0.05, 0.1) is 11.3 Å². The number of rotatable bonds is 6. The number of carbonyl (C=O) groups excluding carboxylic acids is 4. The molecule has 1 aliphatic heterocycles. The number of Topliss-reactive ketones (excluding diaryl/α,β-unsaturated/α-hetero) is 4. The van der Waals surface area contributed by atoms with E-state index < -0.39 is 17.4 Å². The van der Waals surface area contributed by atoms with Crippen LogP contribution in [0.15, 0.2) is 24.3 Å². The lowest BCUT2D eigenvalue weighted by Gasteiger charge is -2.42. The number of nitrogens with zero attached hydrogens (tertiary/aromatic N) is 1. The summed E-state index contributed by atoms with van der Waals surface area (Å²) in [6, 6.07) is 6.53. The molecule has 0 bridgehead atoms. The fourth-order valence-corrected chi connectivity index (χ4v) is 3.50. The van der Waals surface area contributed by atoms with Crippen LogP contribution in [0.1, 0.15) is 46.1 Å². The van der Waals surface area contributed by atoms with Crippen LogP contribution < -0.4 is 4.90 Å². The van der Waals surface area contributed by atoms with Crippen molar-refractivity contribution in [3.8, 4) is 0 Å². The molecule has 0 aliphatic carbocycles. The second-order valence-corrected chi connectivity index (χ2v) is 7.17. The van der Waals surface area contributed by atoms with Gasteiger partial charge in [0.1, 0.15) is 17.6 Å². The molecule has 1 aromatic rings. The number of fused-ring (bicyclic) bond motifs is 1. The van der Waals surface area contributed by atoms with Gasteiger partial charge >= 0.3 is 0 Å². The van der Waals surface area contributed by atoms with Gasteiger partial charge in [-0.1, -0.05) is 25.1 Å². The first-order chi connectivity index (χ1) is 11.6. The fourth-order valence-electron chi connectivity index (χ4n) is 3.50. The van der Waals surface area contributed by atoms with Crippen molar-refractivity contribution in [1.29, 1.82) is 0 Å². The monoisotopic (exact) mass is 343 g/mol. The summed E-state index contributed by atoms with van der Waals surface area (Å²) in [4.78, 5) is 51.3. The molecule has 1 aromatic carbocycles. The first kappa shape index (κ1) is 19.0. The normalized spacial score (nSPS) is 20.0. The van der Waals surface area contributed by atoms with E-state index in [1.54, 1.807) is 32.7 Å². The molecule has 5 nitrogen and oxygen atoms in total. The van der Waals surface area contributed by atoms with Crippen molar-refractivity contribution in [1.82, 2.24) is 0 Å². The van der Waals surface area contributed by atoms with Gasteiger partial charge in [0.15, 0.2) is 11.6 Å². The average molecular weight is 343 g/mol. The topological polar surface area (TPSA) is 71.5 Å². The number of benzene rings is 1. The van der Waals surface area contributed by atoms with Crippen LogP contribution in [-0.2, 0) is 24.6 Å². The molecule has 5 heteroatoms. The summed E-state index contributed by atoms with van der Waals surface area (Å²) >= 11 is 0. The Balaban J connectivity index is 2.39. The number of carbonyl (C=O) groups is 4. The van der Waals surface area contributed by atoms with Crippen molar-refractivity contribution in [3.05, 3.63) is 29.8 Å². The molecule has 25 heavy (non-hydrogen) atoms. The van der Waals surface area contributed by atoms with Gasteiger partial charge in [-0.25, -0.2) is 0 Å². The summed E-state index contributed by atoms with van der Waals surface area (Å²) in [5, 5.41) is 0. The zero-order valence-corrected chi connectivity index (χ0v) is 15.5. The number of hydrogen-bond acceptors (Lipinski definition) is 5. The number of hydrogen-bond donors (Lipinski definition) is 0. The molecule has 0 radical (unpaired) electrons. The lowest BCUT2D eigenvalue weighted by molar-refractivity contribution is -0.138. The van der Waals surface area contributed by atoms with E-state index in [0.29, 0.717) is 0 Å². The van der Waals surface area contributed by atoms with E-state index in [4.69, 9.17) is 0 Å². The maximum absolute atomic E-state index is 13.0. The summed E-state index contributed by atoms with van der Waals surface area (Å²) in [7, 11) is 1.71. The quantitative estimate of drug-likeness (QED) is 0.742. The third-order valence-corrected chi connectivity index (χ3v) is 5.15. The predicted octanol–water partition coefficient (Wildman–Crippen LogP) is 2.50. The van der Waals surface area contributed by atoms with Gasteiger partial charge in [-0.3, -0.25) is 19.2 Å². The van der Waals surface area contributed by atoms with Gasteiger partial charge in [0.2, 0.25) is 0 Å². The Bertz CT molecular complexity index is 735. The fraction of sp³-hybridized carbons (Fsp3) is 0.500. The highest BCUT2D eigenvalue weighted by molar-refractivity contribution is 6.17. The van der Waals surface area contributed by atoms with E-state index in [-0.39, 0.29) is 36.0 Å². The summed E-state index contributed by atoms with van der Waals surface area (Å²) in [5.41, 5.74) is 0.898. The average Bonchev–Trinajstić information content (AvgIpc) is 2.57. The molecule has 0 N–H and O–H groups in total. The standard InChI is InChI=1S/C20H25NO4/c1-6-16(23)13(12(2)22)11-17(24)18-19(25)20(3,4)14-9-7-8-10-15(14)21(18)5/h7-10,13,18H,6,11H2,1-5H3. The number of para-hydroxylation sites is 1. The van der Waals surface area contributed by atoms with Crippen molar-refractivity contribution in [2.45, 2.75) is 52.0 Å². The van der Waals surface area contributed by atoms with E-state index in [0.717, 1.165) is 11.3 Å². The molecular weight excluding hydrogens is 318 g/mol. The SMILES string of the molecule is CCC(=O)C(CC(=O)C1C(=O)C(C)(C)c2ccccc2N1C)C(C)=O. The summed E-state index contributed by atoms with van der Waals surface area (Å²) < 4.78 is 0. The Morgan fingerprint density at radius 1 is 1.20 bits per heavy atom. The van der Waals surface area contributed by atoms with Crippen molar-refractivity contribution in [3.63, 3.8) is 0 Å². The van der Waals surface area contributed by atoms with Crippen LogP contribution in [0.2, 0.25) is 0 Å². The Morgan fingerprint density at radius 3 is 2.36 bits per heavy atom. The number of likely N-dealkylation sites (N-methyl/N-ethyl adjacent to an activating group) is 1. The van der Waals surface area contributed by atoms with Crippen molar-refractivity contribution in [2.75, 3.05) is 11.9 Å².